The van der Waals surface area contributed by atoms with Crippen LogP contribution < -0.4 is 15.1 Å². The van der Waals surface area contributed by atoms with E-state index in [-0.39, 0.29) is 5.57 Å². The van der Waals surface area contributed by atoms with E-state index in [1.807, 2.05) is 31.1 Å². The average molecular weight is 414 g/mol. The first-order chi connectivity index (χ1) is 12.4. The Bertz CT molecular complexity index is 923. The number of barbiturate groups is 1. The molecule has 7 heteroatoms. The number of nitrogens with zero attached hydrogens (tertiary/aromatic N) is 2. The zero-order valence-corrected chi connectivity index (χ0v) is 15.8. The minimum atomic E-state index is -0.757. The van der Waals surface area contributed by atoms with Crippen molar-refractivity contribution in [1.82, 2.24) is 5.32 Å². The van der Waals surface area contributed by atoms with Crippen LogP contribution in [0.2, 0.25) is 0 Å². The summed E-state index contributed by atoms with van der Waals surface area (Å²) in [6.07, 6.45) is 1.48. The van der Waals surface area contributed by atoms with E-state index >= 15 is 0 Å². The van der Waals surface area contributed by atoms with Gasteiger partial charge < -0.3 is 4.90 Å². The van der Waals surface area contributed by atoms with Crippen LogP contribution in [0.15, 0.2) is 58.6 Å². The second-order valence-corrected chi connectivity index (χ2v) is 6.75. The fourth-order valence-corrected chi connectivity index (χ4v) is 3.36. The van der Waals surface area contributed by atoms with Gasteiger partial charge in [0, 0.05) is 18.6 Å². The molecule has 2 aromatic carbocycles. The standard InChI is InChI=1S/C19H16BrN3O3/c1-22(2)16-9-8-12(11-15(16)20)10-14-17(24)21-19(26)23(18(14)25)13-6-4-3-5-7-13/h3-11H,1-2H3,(H,21,24,26)/b14-10+. The van der Waals surface area contributed by atoms with E-state index in [4.69, 9.17) is 0 Å². The van der Waals surface area contributed by atoms with E-state index in [0.29, 0.717) is 11.3 Å². The second kappa shape index (κ2) is 7.13. The zero-order chi connectivity index (χ0) is 18.8. The lowest BCUT2D eigenvalue weighted by molar-refractivity contribution is -0.122. The Hall–Kier alpha value is -2.93. The molecule has 1 N–H and O–H groups in total. The number of carbonyl (C=O) groups is 3. The number of nitrogens with one attached hydrogen (secondary N) is 1. The lowest BCUT2D eigenvalue weighted by Crippen LogP contribution is -2.54. The molecule has 3 rings (SSSR count). The highest BCUT2D eigenvalue weighted by molar-refractivity contribution is 9.10. The summed E-state index contributed by atoms with van der Waals surface area (Å²) >= 11 is 3.48. The first-order valence-electron chi connectivity index (χ1n) is 7.82. The van der Waals surface area contributed by atoms with Crippen LogP contribution in [0.25, 0.3) is 6.08 Å². The lowest BCUT2D eigenvalue weighted by atomic mass is 10.1. The van der Waals surface area contributed by atoms with Crippen molar-refractivity contribution in [3.05, 3.63) is 64.1 Å². The summed E-state index contributed by atoms with van der Waals surface area (Å²) in [7, 11) is 3.83. The third kappa shape index (κ3) is 3.39. The van der Waals surface area contributed by atoms with Crippen molar-refractivity contribution in [2.24, 2.45) is 0 Å². The summed E-state index contributed by atoms with van der Waals surface area (Å²) in [6.45, 7) is 0. The molecule has 1 aliphatic heterocycles. The van der Waals surface area contributed by atoms with Crippen molar-refractivity contribution < 1.29 is 14.4 Å². The number of rotatable bonds is 3. The quantitative estimate of drug-likeness (QED) is 0.619. The number of amides is 4. The largest absolute Gasteiger partial charge is 0.377 e. The molecule has 0 saturated carbocycles. The van der Waals surface area contributed by atoms with Crippen LogP contribution in [0, 0.1) is 0 Å². The molecule has 1 fully saturated rings. The molecule has 0 radical (unpaired) electrons. The average Bonchev–Trinajstić information content (AvgIpc) is 2.59. The van der Waals surface area contributed by atoms with Gasteiger partial charge in [-0.25, -0.2) is 9.69 Å². The van der Waals surface area contributed by atoms with Crippen LogP contribution in [0.4, 0.5) is 16.2 Å². The van der Waals surface area contributed by atoms with Crippen molar-refractivity contribution in [2.45, 2.75) is 0 Å². The van der Waals surface area contributed by atoms with Crippen molar-refractivity contribution in [3.8, 4) is 0 Å². The molecule has 0 aliphatic carbocycles. The Balaban J connectivity index is 1.99. The number of imide groups is 2. The van der Waals surface area contributed by atoms with Gasteiger partial charge in [0.15, 0.2) is 0 Å². The molecule has 0 atom stereocenters. The maximum atomic E-state index is 12.8. The number of para-hydroxylation sites is 1. The molecule has 26 heavy (non-hydrogen) atoms. The number of anilines is 2. The van der Waals surface area contributed by atoms with E-state index < -0.39 is 17.8 Å². The molecule has 1 heterocycles. The minimum Gasteiger partial charge on any atom is -0.377 e. The monoisotopic (exact) mass is 413 g/mol. The fourth-order valence-electron chi connectivity index (χ4n) is 2.61. The normalized spacial score (nSPS) is 16.0. The van der Waals surface area contributed by atoms with Crippen LogP contribution >= 0.6 is 15.9 Å². The minimum absolute atomic E-state index is 0.0991. The number of hydrogen-bond donors (Lipinski definition) is 1. The number of carbonyl (C=O) groups excluding carboxylic acids is 3. The predicted octanol–water partition coefficient (Wildman–Crippen LogP) is 3.18. The van der Waals surface area contributed by atoms with Crippen molar-refractivity contribution in [1.29, 1.82) is 0 Å². The maximum absolute atomic E-state index is 12.8. The van der Waals surface area contributed by atoms with Crippen molar-refractivity contribution in [2.75, 3.05) is 23.9 Å². The van der Waals surface area contributed by atoms with Gasteiger partial charge in [-0.05, 0) is 51.8 Å². The van der Waals surface area contributed by atoms with Crippen molar-refractivity contribution in [3.63, 3.8) is 0 Å². The fraction of sp³-hybridized carbons (Fsp3) is 0.105. The van der Waals surface area contributed by atoms with Gasteiger partial charge in [-0.15, -0.1) is 0 Å². The Kier molecular flexibility index (Phi) is 4.90. The molecule has 0 aromatic heterocycles. The number of halogens is 1. The molecule has 0 spiro atoms. The van der Waals surface area contributed by atoms with E-state index in [9.17, 15) is 14.4 Å². The van der Waals surface area contributed by atoms with Crippen LogP contribution in [0.1, 0.15) is 5.56 Å². The Morgan fingerprint density at radius 1 is 1.04 bits per heavy atom. The molecular weight excluding hydrogens is 398 g/mol. The van der Waals surface area contributed by atoms with Crippen LogP contribution in [0.5, 0.6) is 0 Å². The van der Waals surface area contributed by atoms with Gasteiger partial charge in [-0.2, -0.15) is 0 Å². The highest BCUT2D eigenvalue weighted by atomic mass is 79.9. The molecule has 1 saturated heterocycles. The Morgan fingerprint density at radius 3 is 2.35 bits per heavy atom. The highest BCUT2D eigenvalue weighted by Gasteiger charge is 2.36. The summed E-state index contributed by atoms with van der Waals surface area (Å²) in [5.74, 6) is -1.36. The Morgan fingerprint density at radius 2 is 1.73 bits per heavy atom. The second-order valence-electron chi connectivity index (χ2n) is 5.90. The third-order valence-corrected chi connectivity index (χ3v) is 4.52. The first-order valence-corrected chi connectivity index (χ1v) is 8.61. The van der Waals surface area contributed by atoms with Gasteiger partial charge in [0.05, 0.1) is 11.4 Å². The van der Waals surface area contributed by atoms with E-state index in [1.165, 1.54) is 6.08 Å². The van der Waals surface area contributed by atoms with Gasteiger partial charge in [-0.1, -0.05) is 24.3 Å². The lowest BCUT2D eigenvalue weighted by Gasteiger charge is -2.26. The highest BCUT2D eigenvalue weighted by Crippen LogP contribution is 2.27. The Labute approximate surface area is 159 Å². The predicted molar refractivity (Wildman–Crippen MR) is 104 cm³/mol. The SMILES string of the molecule is CN(C)c1ccc(/C=C2\C(=O)NC(=O)N(c3ccccc3)C2=O)cc1Br. The van der Waals surface area contributed by atoms with Gasteiger partial charge in [0.1, 0.15) is 5.57 Å². The molecule has 0 unspecified atom stereocenters. The molecule has 6 nitrogen and oxygen atoms in total. The third-order valence-electron chi connectivity index (χ3n) is 3.88. The summed E-state index contributed by atoms with van der Waals surface area (Å²) in [4.78, 5) is 40.0. The van der Waals surface area contributed by atoms with Crippen LogP contribution in [0.3, 0.4) is 0 Å². The van der Waals surface area contributed by atoms with Crippen LogP contribution in [-0.4, -0.2) is 31.9 Å². The molecule has 132 valence electrons. The zero-order valence-electron chi connectivity index (χ0n) is 14.2. The van der Waals surface area contributed by atoms with Crippen LogP contribution in [-0.2, 0) is 9.59 Å². The smallest absolute Gasteiger partial charge is 0.335 e. The number of benzene rings is 2. The summed E-state index contributed by atoms with van der Waals surface area (Å²) < 4.78 is 0.830. The number of urea groups is 1. The molecule has 0 bridgehead atoms. The van der Waals surface area contributed by atoms with E-state index in [0.717, 1.165) is 15.1 Å². The summed E-state index contributed by atoms with van der Waals surface area (Å²) in [5.41, 5.74) is 1.94. The molecule has 1 aliphatic rings. The summed E-state index contributed by atoms with van der Waals surface area (Å²) in [5, 5.41) is 2.21. The summed E-state index contributed by atoms with van der Waals surface area (Å²) in [6, 6.07) is 13.2. The van der Waals surface area contributed by atoms with Gasteiger partial charge in [-0.3, -0.25) is 14.9 Å². The van der Waals surface area contributed by atoms with E-state index in [1.54, 1.807) is 36.4 Å². The topological polar surface area (TPSA) is 69.7 Å². The van der Waals surface area contributed by atoms with Gasteiger partial charge in [0.25, 0.3) is 11.8 Å². The molecule has 4 amide bonds. The van der Waals surface area contributed by atoms with E-state index in [2.05, 4.69) is 21.2 Å². The molecular formula is C19H16BrN3O3. The first kappa shape index (κ1) is 17.9. The van der Waals surface area contributed by atoms with Gasteiger partial charge in [0.2, 0.25) is 0 Å². The number of hydrogen-bond acceptors (Lipinski definition) is 4. The van der Waals surface area contributed by atoms with Crippen molar-refractivity contribution >= 4 is 51.2 Å². The maximum Gasteiger partial charge on any atom is 0.335 e. The molecule has 2 aromatic rings. The van der Waals surface area contributed by atoms with Gasteiger partial charge >= 0.3 is 6.03 Å².